The topological polar surface area (TPSA) is 18.5 Å². The molecule has 0 amide bonds. The molecule has 0 saturated carbocycles. The molecule has 0 aliphatic carbocycles. The van der Waals surface area contributed by atoms with Crippen LogP contribution in [0.2, 0.25) is 0 Å². The van der Waals surface area contributed by atoms with E-state index in [4.69, 9.17) is 9.47 Å². The van der Waals surface area contributed by atoms with Crippen molar-refractivity contribution in [2.75, 3.05) is 13.2 Å². The van der Waals surface area contributed by atoms with Gasteiger partial charge in [-0.05, 0) is 12.8 Å². The van der Waals surface area contributed by atoms with Crippen LogP contribution in [-0.2, 0) is 9.47 Å². The lowest BCUT2D eigenvalue weighted by Gasteiger charge is -2.02. The maximum Gasteiger partial charge on any atom is 0.292 e. The lowest BCUT2D eigenvalue weighted by atomic mass is 10.1. The number of hydrogen-bond acceptors (Lipinski definition) is 2. The lowest BCUT2D eigenvalue weighted by molar-refractivity contribution is 0.0194. The van der Waals surface area contributed by atoms with Crippen molar-refractivity contribution in [2.24, 2.45) is 0 Å². The second-order valence-electron chi connectivity index (χ2n) is 3.90. The highest BCUT2D eigenvalue weighted by Gasteiger charge is 1.93. The zero-order valence-electron chi connectivity index (χ0n) is 10.4. The van der Waals surface area contributed by atoms with Crippen LogP contribution in [0.15, 0.2) is 0 Å². The van der Waals surface area contributed by atoms with Gasteiger partial charge in [0.1, 0.15) is 0 Å². The summed E-state index contributed by atoms with van der Waals surface area (Å²) in [4.78, 5) is 0. The minimum Gasteiger partial charge on any atom is -0.341 e. The van der Waals surface area contributed by atoms with Gasteiger partial charge in [-0.25, -0.2) is 0 Å². The molecule has 0 unspecified atom stereocenters. The van der Waals surface area contributed by atoms with E-state index in [-0.39, 0.29) is 0 Å². The highest BCUT2D eigenvalue weighted by molar-refractivity contribution is 4.45. The van der Waals surface area contributed by atoms with E-state index < -0.39 is 0 Å². The summed E-state index contributed by atoms with van der Waals surface area (Å²) >= 11 is 0. The molecule has 0 bridgehead atoms. The Labute approximate surface area is 95.3 Å². The zero-order chi connectivity index (χ0) is 11.2. The highest BCUT2D eigenvalue weighted by atomic mass is 16.7. The Morgan fingerprint density at radius 1 is 0.667 bits per heavy atom. The molecule has 0 aliphatic rings. The van der Waals surface area contributed by atoms with Gasteiger partial charge in [-0.1, -0.05) is 52.4 Å². The van der Waals surface area contributed by atoms with Gasteiger partial charge in [0.2, 0.25) is 0 Å². The molecule has 90 valence electrons. The molecule has 0 rings (SSSR count). The highest BCUT2D eigenvalue weighted by Crippen LogP contribution is 2.06. The predicted molar refractivity (Wildman–Crippen MR) is 63.4 cm³/mol. The second kappa shape index (κ2) is 13.9. The maximum absolute atomic E-state index is 5.09. The van der Waals surface area contributed by atoms with Gasteiger partial charge in [-0.15, -0.1) is 0 Å². The Bertz CT molecular complexity index is 92.7. The number of ether oxygens (including phenoxy) is 2. The van der Waals surface area contributed by atoms with Gasteiger partial charge in [0.25, 0.3) is 6.79 Å². The largest absolute Gasteiger partial charge is 0.341 e. The smallest absolute Gasteiger partial charge is 0.292 e. The Morgan fingerprint density at radius 2 is 1.27 bits per heavy atom. The third kappa shape index (κ3) is 13.9. The van der Waals surface area contributed by atoms with E-state index in [1.165, 1.54) is 38.5 Å². The Morgan fingerprint density at radius 3 is 1.93 bits per heavy atom. The molecule has 15 heavy (non-hydrogen) atoms. The van der Waals surface area contributed by atoms with Crippen LogP contribution >= 0.6 is 0 Å². The van der Waals surface area contributed by atoms with E-state index in [0.29, 0.717) is 6.61 Å². The van der Waals surface area contributed by atoms with E-state index in [9.17, 15) is 0 Å². The Hall–Kier alpha value is -0.0800. The molecule has 0 atom stereocenters. The van der Waals surface area contributed by atoms with Crippen molar-refractivity contribution in [1.29, 1.82) is 0 Å². The third-order valence-corrected chi connectivity index (χ3v) is 2.27. The molecule has 0 heterocycles. The van der Waals surface area contributed by atoms with Gasteiger partial charge in [0.15, 0.2) is 0 Å². The first kappa shape index (κ1) is 14.9. The van der Waals surface area contributed by atoms with Crippen LogP contribution < -0.4 is 0 Å². The van der Waals surface area contributed by atoms with E-state index in [2.05, 4.69) is 20.6 Å². The van der Waals surface area contributed by atoms with Gasteiger partial charge < -0.3 is 9.47 Å². The lowest BCUT2D eigenvalue weighted by Crippen LogP contribution is -1.96. The monoisotopic (exact) mass is 214 g/mol. The molecule has 2 radical (unpaired) electrons. The fraction of sp³-hybridized carbons (Fsp3) is 0.923. The average molecular weight is 214 g/mol. The first-order valence-corrected chi connectivity index (χ1v) is 6.40. The molecule has 0 aliphatic heterocycles. The number of unbranched alkanes of at least 4 members (excludes halogenated alkanes) is 6. The Balaban J connectivity index is 2.81. The predicted octanol–water partition coefficient (Wildman–Crippen LogP) is 4.18. The van der Waals surface area contributed by atoms with Gasteiger partial charge >= 0.3 is 0 Å². The Kier molecular flexibility index (Phi) is 13.8. The van der Waals surface area contributed by atoms with Crippen molar-refractivity contribution in [1.82, 2.24) is 0 Å². The summed E-state index contributed by atoms with van der Waals surface area (Å²) in [6.07, 6.45) is 10.2. The van der Waals surface area contributed by atoms with Crippen LogP contribution in [0, 0.1) is 6.79 Å². The molecular weight excluding hydrogens is 188 g/mol. The maximum atomic E-state index is 5.09. The first-order valence-electron chi connectivity index (χ1n) is 6.40. The molecule has 0 N–H and O–H groups in total. The summed E-state index contributed by atoms with van der Waals surface area (Å²) in [7, 11) is 0. The summed E-state index contributed by atoms with van der Waals surface area (Å²) in [5, 5.41) is 0. The molecule has 2 nitrogen and oxygen atoms in total. The van der Waals surface area contributed by atoms with E-state index in [0.717, 1.165) is 19.4 Å². The minimum absolute atomic E-state index is 0.705. The van der Waals surface area contributed by atoms with Crippen molar-refractivity contribution in [3.05, 3.63) is 6.79 Å². The molecule has 0 aromatic carbocycles. The summed E-state index contributed by atoms with van der Waals surface area (Å²) in [6.45, 7) is 8.26. The third-order valence-electron chi connectivity index (χ3n) is 2.27. The van der Waals surface area contributed by atoms with E-state index in [1.54, 1.807) is 0 Å². The minimum atomic E-state index is 0.705. The molecule has 0 fully saturated rings. The van der Waals surface area contributed by atoms with Crippen molar-refractivity contribution >= 4 is 0 Å². The van der Waals surface area contributed by atoms with Gasteiger partial charge in [-0.2, -0.15) is 0 Å². The van der Waals surface area contributed by atoms with Crippen LogP contribution in [0.4, 0.5) is 0 Å². The number of hydrogen-bond donors (Lipinski definition) is 0. The SMILES string of the molecule is CCCCCCCCCO[C]OCCC. The van der Waals surface area contributed by atoms with E-state index in [1.807, 2.05) is 0 Å². The van der Waals surface area contributed by atoms with Crippen LogP contribution in [0.1, 0.15) is 65.2 Å². The second-order valence-corrected chi connectivity index (χ2v) is 3.90. The van der Waals surface area contributed by atoms with Crippen molar-refractivity contribution < 1.29 is 9.47 Å². The molecule has 0 aromatic heterocycles. The van der Waals surface area contributed by atoms with Crippen molar-refractivity contribution in [3.8, 4) is 0 Å². The fourth-order valence-corrected chi connectivity index (χ4v) is 1.36. The number of rotatable bonds is 12. The van der Waals surface area contributed by atoms with E-state index >= 15 is 0 Å². The van der Waals surface area contributed by atoms with Gasteiger partial charge in [0, 0.05) is 0 Å². The van der Waals surface area contributed by atoms with Gasteiger partial charge in [0.05, 0.1) is 13.2 Å². The summed E-state index contributed by atoms with van der Waals surface area (Å²) in [5.41, 5.74) is 0. The van der Waals surface area contributed by atoms with Crippen molar-refractivity contribution in [2.45, 2.75) is 65.2 Å². The zero-order valence-corrected chi connectivity index (χ0v) is 10.4. The van der Waals surface area contributed by atoms with Crippen LogP contribution in [0.25, 0.3) is 0 Å². The van der Waals surface area contributed by atoms with Crippen LogP contribution in [-0.4, -0.2) is 13.2 Å². The molecule has 0 spiro atoms. The van der Waals surface area contributed by atoms with Crippen LogP contribution in [0.5, 0.6) is 0 Å². The normalized spacial score (nSPS) is 10.8. The molecule has 0 saturated heterocycles. The molecule has 0 aromatic rings. The summed E-state index contributed by atoms with van der Waals surface area (Å²) < 4.78 is 10.1. The fourth-order valence-electron chi connectivity index (χ4n) is 1.36. The first-order chi connectivity index (χ1) is 7.41. The quantitative estimate of drug-likeness (QED) is 0.454. The summed E-state index contributed by atoms with van der Waals surface area (Å²) in [5.74, 6) is 0. The average Bonchev–Trinajstić information content (AvgIpc) is 2.26. The molecule has 2 heteroatoms. The summed E-state index contributed by atoms with van der Waals surface area (Å²) in [6, 6.07) is 0. The van der Waals surface area contributed by atoms with Gasteiger partial charge in [-0.3, -0.25) is 0 Å². The molecular formula is C13H26O2. The van der Waals surface area contributed by atoms with Crippen molar-refractivity contribution in [3.63, 3.8) is 0 Å². The standard InChI is InChI=1S/C13H26O2/c1-3-5-6-7-8-9-10-12-15-13-14-11-4-2/h3-12H2,1-2H3. The van der Waals surface area contributed by atoms with Crippen LogP contribution in [0.3, 0.4) is 0 Å².